The van der Waals surface area contributed by atoms with Crippen LogP contribution < -0.4 is 5.32 Å². The quantitative estimate of drug-likeness (QED) is 0.503. The lowest BCUT2D eigenvalue weighted by Crippen LogP contribution is -2.10. The van der Waals surface area contributed by atoms with E-state index in [9.17, 15) is 4.79 Å². The molecule has 3 rings (SSSR count). The zero-order chi connectivity index (χ0) is 14.7. The first-order valence-electron chi connectivity index (χ1n) is 5.76. The number of rotatable bonds is 5. The van der Waals surface area contributed by atoms with Gasteiger partial charge >= 0.3 is 0 Å². The van der Waals surface area contributed by atoms with Crippen LogP contribution in [0, 0.1) is 0 Å². The molecular formula is C12H8BrN3O2S3. The van der Waals surface area contributed by atoms with Crippen LogP contribution in [0.1, 0.15) is 15.4 Å². The van der Waals surface area contributed by atoms with Gasteiger partial charge in [-0.15, -0.1) is 21.5 Å². The molecule has 0 saturated heterocycles. The van der Waals surface area contributed by atoms with Crippen molar-refractivity contribution in [1.82, 2.24) is 10.2 Å². The molecule has 0 bridgehead atoms. The Morgan fingerprint density at radius 1 is 1.38 bits per heavy atom. The third kappa shape index (κ3) is 3.94. The average Bonchev–Trinajstić information content (AvgIpc) is 3.17. The summed E-state index contributed by atoms with van der Waals surface area (Å²) in [6.07, 6.45) is 0. The van der Waals surface area contributed by atoms with Crippen molar-refractivity contribution in [2.45, 2.75) is 10.1 Å². The number of amides is 1. The number of anilines is 1. The molecular weight excluding hydrogens is 394 g/mol. The Balaban J connectivity index is 1.58. The van der Waals surface area contributed by atoms with Crippen molar-refractivity contribution in [2.75, 3.05) is 5.32 Å². The van der Waals surface area contributed by atoms with Crippen LogP contribution in [0.5, 0.6) is 0 Å². The standard InChI is InChI=1S/C12H8BrN3O2S3/c13-9-4-3-8(18-9)10(17)14-11-15-16-12(21-11)20-6-7-2-1-5-19-7/h1-5H,6H2,(H,14,15,17). The molecule has 0 fully saturated rings. The SMILES string of the molecule is O=C(Nc1nnc(SCc2cccs2)s1)c1ccc(Br)o1. The third-order valence-corrected chi connectivity index (χ3v) is 5.85. The maximum Gasteiger partial charge on any atom is 0.293 e. The van der Waals surface area contributed by atoms with Gasteiger partial charge in [-0.05, 0) is 39.5 Å². The van der Waals surface area contributed by atoms with Crippen LogP contribution in [0.25, 0.3) is 0 Å². The molecule has 0 radical (unpaired) electrons. The van der Waals surface area contributed by atoms with Crippen molar-refractivity contribution >= 4 is 61.4 Å². The maximum atomic E-state index is 11.9. The van der Waals surface area contributed by atoms with Crippen molar-refractivity contribution in [3.05, 3.63) is 45.0 Å². The Kier molecular flexibility index (Phi) is 4.73. The normalized spacial score (nSPS) is 10.7. The molecule has 3 aromatic heterocycles. The van der Waals surface area contributed by atoms with E-state index in [1.165, 1.54) is 16.2 Å². The average molecular weight is 402 g/mol. The molecule has 5 nitrogen and oxygen atoms in total. The fourth-order valence-electron chi connectivity index (χ4n) is 1.44. The Hall–Kier alpha value is -1.16. The Morgan fingerprint density at radius 3 is 3.00 bits per heavy atom. The number of aromatic nitrogens is 2. The van der Waals surface area contributed by atoms with Crippen molar-refractivity contribution in [1.29, 1.82) is 0 Å². The van der Waals surface area contributed by atoms with Crippen molar-refractivity contribution < 1.29 is 9.21 Å². The predicted octanol–water partition coefficient (Wildman–Crippen LogP) is 4.50. The van der Waals surface area contributed by atoms with Gasteiger partial charge in [0.15, 0.2) is 14.8 Å². The summed E-state index contributed by atoms with van der Waals surface area (Å²) >= 11 is 7.81. The summed E-state index contributed by atoms with van der Waals surface area (Å²) in [5.41, 5.74) is 0. The number of carbonyl (C=O) groups is 1. The van der Waals surface area contributed by atoms with Crippen molar-refractivity contribution in [3.63, 3.8) is 0 Å². The van der Waals surface area contributed by atoms with E-state index in [1.54, 1.807) is 35.2 Å². The van der Waals surface area contributed by atoms with Crippen molar-refractivity contribution in [2.24, 2.45) is 0 Å². The number of carbonyl (C=O) groups excluding carboxylic acids is 1. The molecule has 1 amide bonds. The van der Waals surface area contributed by atoms with Gasteiger partial charge in [-0.25, -0.2) is 0 Å². The van der Waals surface area contributed by atoms with E-state index in [4.69, 9.17) is 4.42 Å². The Labute approximate surface area is 140 Å². The number of nitrogens with one attached hydrogen (secondary N) is 1. The van der Waals surface area contributed by atoms with E-state index in [0.29, 0.717) is 9.80 Å². The van der Waals surface area contributed by atoms with Gasteiger partial charge in [0.05, 0.1) is 0 Å². The van der Waals surface area contributed by atoms with Crippen LogP contribution in [0.2, 0.25) is 0 Å². The first-order valence-corrected chi connectivity index (χ1v) is 9.23. The summed E-state index contributed by atoms with van der Waals surface area (Å²) in [6.45, 7) is 0. The molecule has 1 N–H and O–H groups in total. The fourth-order valence-corrected chi connectivity index (χ4v) is 4.27. The first kappa shape index (κ1) is 14.8. The molecule has 3 heterocycles. The molecule has 0 saturated carbocycles. The van der Waals surface area contributed by atoms with E-state index in [-0.39, 0.29) is 11.7 Å². The van der Waals surface area contributed by atoms with Gasteiger partial charge in [-0.2, -0.15) is 0 Å². The smallest absolute Gasteiger partial charge is 0.293 e. The highest BCUT2D eigenvalue weighted by molar-refractivity contribution is 9.10. The molecule has 0 aromatic carbocycles. The summed E-state index contributed by atoms with van der Waals surface area (Å²) in [6, 6.07) is 7.36. The highest BCUT2D eigenvalue weighted by Gasteiger charge is 2.13. The number of thiophene rings is 1. The molecule has 108 valence electrons. The van der Waals surface area contributed by atoms with Crippen LogP contribution >= 0.6 is 50.4 Å². The number of furan rings is 1. The maximum absolute atomic E-state index is 11.9. The second-order valence-corrected chi connectivity index (χ2v) is 7.81. The molecule has 0 atom stereocenters. The largest absolute Gasteiger partial charge is 0.444 e. The van der Waals surface area contributed by atoms with Crippen LogP contribution in [0.15, 0.2) is 43.1 Å². The summed E-state index contributed by atoms with van der Waals surface area (Å²) < 4.78 is 6.51. The lowest BCUT2D eigenvalue weighted by molar-refractivity contribution is 0.0995. The van der Waals surface area contributed by atoms with E-state index in [1.807, 2.05) is 11.4 Å². The zero-order valence-corrected chi connectivity index (χ0v) is 14.4. The fraction of sp³-hybridized carbons (Fsp3) is 0.0833. The Morgan fingerprint density at radius 2 is 2.29 bits per heavy atom. The number of thioether (sulfide) groups is 1. The second kappa shape index (κ2) is 6.73. The highest BCUT2D eigenvalue weighted by atomic mass is 79.9. The molecule has 9 heteroatoms. The van der Waals surface area contributed by atoms with Gasteiger partial charge in [0.25, 0.3) is 5.91 Å². The molecule has 0 aliphatic carbocycles. The molecule has 21 heavy (non-hydrogen) atoms. The molecule has 0 spiro atoms. The summed E-state index contributed by atoms with van der Waals surface area (Å²) in [7, 11) is 0. The van der Waals surface area contributed by atoms with Gasteiger partial charge in [0.1, 0.15) is 0 Å². The van der Waals surface area contributed by atoms with E-state index in [0.717, 1.165) is 10.1 Å². The first-order chi connectivity index (χ1) is 10.2. The number of nitrogens with zero attached hydrogens (tertiary/aromatic N) is 2. The molecule has 0 aliphatic rings. The van der Waals surface area contributed by atoms with Gasteiger partial charge in [-0.1, -0.05) is 29.2 Å². The number of halogens is 1. The van der Waals surface area contributed by atoms with Gasteiger partial charge in [0.2, 0.25) is 5.13 Å². The van der Waals surface area contributed by atoms with Crippen molar-refractivity contribution in [3.8, 4) is 0 Å². The molecule has 3 aromatic rings. The number of hydrogen-bond donors (Lipinski definition) is 1. The minimum atomic E-state index is -0.341. The second-order valence-electron chi connectivity index (χ2n) is 3.80. The van der Waals surface area contributed by atoms with Crippen LogP contribution in [0.4, 0.5) is 5.13 Å². The topological polar surface area (TPSA) is 68.0 Å². The van der Waals surface area contributed by atoms with Crippen LogP contribution in [-0.2, 0) is 5.75 Å². The highest BCUT2D eigenvalue weighted by Crippen LogP contribution is 2.29. The summed E-state index contributed by atoms with van der Waals surface area (Å²) in [5.74, 6) is 0.738. The van der Waals surface area contributed by atoms with Gasteiger partial charge < -0.3 is 4.42 Å². The van der Waals surface area contributed by atoms with E-state index >= 15 is 0 Å². The lowest BCUT2D eigenvalue weighted by Gasteiger charge is -1.96. The van der Waals surface area contributed by atoms with Gasteiger partial charge in [-0.3, -0.25) is 10.1 Å². The predicted molar refractivity (Wildman–Crippen MR) is 88.2 cm³/mol. The van der Waals surface area contributed by atoms with Crippen LogP contribution in [0.3, 0.4) is 0 Å². The third-order valence-electron chi connectivity index (χ3n) is 2.34. The molecule has 0 aliphatic heterocycles. The summed E-state index contributed by atoms with van der Waals surface area (Å²) in [5, 5.41) is 13.2. The monoisotopic (exact) mass is 401 g/mol. The minimum absolute atomic E-state index is 0.227. The van der Waals surface area contributed by atoms with E-state index < -0.39 is 0 Å². The lowest BCUT2D eigenvalue weighted by atomic mass is 10.4. The zero-order valence-electron chi connectivity index (χ0n) is 10.4. The van der Waals surface area contributed by atoms with E-state index in [2.05, 4.69) is 37.5 Å². The number of hydrogen-bond acceptors (Lipinski definition) is 7. The van der Waals surface area contributed by atoms with Crippen LogP contribution in [-0.4, -0.2) is 16.1 Å². The molecule has 0 unspecified atom stereocenters. The van der Waals surface area contributed by atoms with Gasteiger partial charge in [0, 0.05) is 10.6 Å². The minimum Gasteiger partial charge on any atom is -0.444 e. The Bertz CT molecular complexity index is 739. The summed E-state index contributed by atoms with van der Waals surface area (Å²) in [4.78, 5) is 13.2.